The largest absolute Gasteiger partial charge is 0.481 e. The molecule has 4 rings (SSSR count). The van der Waals surface area contributed by atoms with E-state index in [0.29, 0.717) is 52.6 Å². The molecule has 8 heteroatoms. The van der Waals surface area contributed by atoms with Crippen LogP contribution in [0.2, 0.25) is 0 Å². The van der Waals surface area contributed by atoms with Gasteiger partial charge in [0.2, 0.25) is 0 Å². The molecule has 1 aliphatic rings. The maximum atomic E-state index is 14.2. The summed E-state index contributed by atoms with van der Waals surface area (Å²) in [4.78, 5) is 24.5. The maximum Gasteiger partial charge on any atom is 0.307 e. The Labute approximate surface area is 203 Å². The molecule has 0 radical (unpaired) electrons. The number of nitrogens with two attached hydrogens (primary N) is 1. The lowest BCUT2D eigenvalue weighted by atomic mass is 9.99. The molecule has 1 fully saturated rings. The first kappa shape index (κ1) is 24.4. The van der Waals surface area contributed by atoms with Gasteiger partial charge in [0.05, 0.1) is 13.0 Å². The molecule has 182 valence electrons. The Bertz CT molecular complexity index is 1220. The fraction of sp³-hybridized carbons (Fsp3) is 0.259. The number of halogens is 1. The molecule has 1 heterocycles. The van der Waals surface area contributed by atoms with Crippen molar-refractivity contribution in [2.24, 2.45) is 11.7 Å². The summed E-state index contributed by atoms with van der Waals surface area (Å²) < 4.78 is 19.7. The maximum absolute atomic E-state index is 14.2. The number of aliphatic carboxylic acids is 1. The Hall–Kier alpha value is -3.75. The molecule has 35 heavy (non-hydrogen) atoms. The van der Waals surface area contributed by atoms with Gasteiger partial charge >= 0.3 is 5.97 Å². The van der Waals surface area contributed by atoms with Gasteiger partial charge in [-0.3, -0.25) is 9.59 Å². The third kappa shape index (κ3) is 6.44. The molecule has 0 spiro atoms. The van der Waals surface area contributed by atoms with Gasteiger partial charge < -0.3 is 26.2 Å². The number of hydrogen-bond acceptors (Lipinski definition) is 5. The molecule has 0 aromatic heterocycles. The Morgan fingerprint density at radius 2 is 1.89 bits per heavy atom. The Balaban J connectivity index is 1.66. The minimum atomic E-state index is -0.988. The first-order valence-electron chi connectivity index (χ1n) is 11.5. The number of carbonyl (C=O) groups excluding carboxylic acids is 1. The Morgan fingerprint density at radius 1 is 1.09 bits per heavy atom. The van der Waals surface area contributed by atoms with Crippen LogP contribution in [0.1, 0.15) is 27.9 Å². The number of carboxylic acids is 1. The van der Waals surface area contributed by atoms with E-state index >= 15 is 0 Å². The van der Waals surface area contributed by atoms with Gasteiger partial charge in [0, 0.05) is 42.6 Å². The molecule has 0 aliphatic carbocycles. The SMILES string of the molecule is NCc1cc(F)cc(-c2cc(NCC3CCOC3)cc(C(=O)Nc3ccccc3CC(=O)O)c2)c1. The van der Waals surface area contributed by atoms with Gasteiger partial charge in [-0.2, -0.15) is 0 Å². The third-order valence-electron chi connectivity index (χ3n) is 5.95. The van der Waals surface area contributed by atoms with Gasteiger partial charge in [-0.1, -0.05) is 18.2 Å². The van der Waals surface area contributed by atoms with Gasteiger partial charge in [0.1, 0.15) is 5.82 Å². The highest BCUT2D eigenvalue weighted by atomic mass is 19.1. The standard InChI is InChI=1S/C27H28FN3O4/c28-23-8-18(14-29)7-20(10-23)21-9-22(12-24(11-21)30-15-17-5-6-35-16-17)27(34)31-25-4-2-1-3-19(25)13-26(32)33/h1-4,7-12,17,30H,5-6,13-16,29H2,(H,31,34)(H,32,33). The highest BCUT2D eigenvalue weighted by Gasteiger charge is 2.17. The molecule has 3 aromatic carbocycles. The minimum Gasteiger partial charge on any atom is -0.481 e. The van der Waals surface area contributed by atoms with Gasteiger partial charge in [0.25, 0.3) is 5.91 Å². The van der Waals surface area contributed by atoms with E-state index in [1.165, 1.54) is 12.1 Å². The van der Waals surface area contributed by atoms with E-state index in [1.54, 1.807) is 42.5 Å². The van der Waals surface area contributed by atoms with Crippen molar-refractivity contribution < 1.29 is 23.8 Å². The molecule has 0 bridgehead atoms. The number of carboxylic acid groups (broad SMARTS) is 1. The highest BCUT2D eigenvalue weighted by Crippen LogP contribution is 2.28. The summed E-state index contributed by atoms with van der Waals surface area (Å²) in [5.41, 5.74) is 9.66. The van der Waals surface area contributed by atoms with Gasteiger partial charge in [-0.15, -0.1) is 0 Å². The predicted octanol–water partition coefficient (Wildman–Crippen LogP) is 4.28. The van der Waals surface area contributed by atoms with Crippen molar-refractivity contribution in [1.82, 2.24) is 0 Å². The van der Waals surface area contributed by atoms with Crippen LogP contribution in [-0.4, -0.2) is 36.7 Å². The topological polar surface area (TPSA) is 114 Å². The van der Waals surface area contributed by atoms with Crippen LogP contribution >= 0.6 is 0 Å². The number of rotatable bonds is 9. The van der Waals surface area contributed by atoms with Gasteiger partial charge in [-0.25, -0.2) is 4.39 Å². The van der Waals surface area contributed by atoms with Crippen LogP contribution in [0.5, 0.6) is 0 Å². The van der Waals surface area contributed by atoms with E-state index in [2.05, 4.69) is 10.6 Å². The second-order valence-corrected chi connectivity index (χ2v) is 8.64. The summed E-state index contributed by atoms with van der Waals surface area (Å²) in [5, 5.41) is 15.4. The first-order chi connectivity index (χ1) is 16.9. The number of anilines is 2. The van der Waals surface area contributed by atoms with E-state index in [0.717, 1.165) is 18.7 Å². The molecular weight excluding hydrogens is 449 g/mol. The molecule has 5 N–H and O–H groups in total. The number of para-hydroxylation sites is 1. The second-order valence-electron chi connectivity index (χ2n) is 8.64. The normalized spacial score (nSPS) is 15.1. The van der Waals surface area contributed by atoms with E-state index in [-0.39, 0.29) is 13.0 Å². The number of ether oxygens (including phenoxy) is 1. The number of hydrogen-bond donors (Lipinski definition) is 4. The Morgan fingerprint density at radius 3 is 2.63 bits per heavy atom. The third-order valence-corrected chi connectivity index (χ3v) is 5.95. The van der Waals surface area contributed by atoms with Crippen molar-refractivity contribution in [3.63, 3.8) is 0 Å². The smallest absolute Gasteiger partial charge is 0.307 e. The highest BCUT2D eigenvalue weighted by molar-refractivity contribution is 6.06. The van der Waals surface area contributed by atoms with Gasteiger partial charge in [0.15, 0.2) is 0 Å². The number of benzene rings is 3. The molecule has 3 aromatic rings. The zero-order valence-corrected chi connectivity index (χ0v) is 19.2. The predicted molar refractivity (Wildman–Crippen MR) is 133 cm³/mol. The molecule has 1 unspecified atom stereocenters. The van der Waals surface area contributed by atoms with Crippen LogP contribution in [0, 0.1) is 11.7 Å². The summed E-state index contributed by atoms with van der Waals surface area (Å²) in [6, 6.07) is 16.7. The number of carbonyl (C=O) groups is 2. The summed E-state index contributed by atoms with van der Waals surface area (Å²) in [6.45, 7) is 2.30. The number of nitrogens with one attached hydrogen (secondary N) is 2. The fourth-order valence-electron chi connectivity index (χ4n) is 4.12. The molecule has 1 aliphatic heterocycles. The summed E-state index contributed by atoms with van der Waals surface area (Å²) in [7, 11) is 0. The van der Waals surface area contributed by atoms with Crippen molar-refractivity contribution in [1.29, 1.82) is 0 Å². The molecular formula is C27H28FN3O4. The molecule has 1 atom stereocenters. The van der Waals surface area contributed by atoms with Crippen LogP contribution in [-0.2, 0) is 22.5 Å². The summed E-state index contributed by atoms with van der Waals surface area (Å²) in [6.07, 6.45) is 0.752. The zero-order chi connectivity index (χ0) is 24.8. The summed E-state index contributed by atoms with van der Waals surface area (Å²) >= 11 is 0. The second kappa shape index (κ2) is 11.1. The fourth-order valence-corrected chi connectivity index (χ4v) is 4.12. The molecule has 1 amide bonds. The van der Waals surface area contributed by atoms with Crippen LogP contribution < -0.4 is 16.4 Å². The average molecular weight is 478 g/mol. The van der Waals surface area contributed by atoms with Crippen molar-refractivity contribution in [2.45, 2.75) is 19.4 Å². The quantitative estimate of drug-likeness (QED) is 0.366. The van der Waals surface area contributed by atoms with Crippen molar-refractivity contribution in [2.75, 3.05) is 30.4 Å². The minimum absolute atomic E-state index is 0.193. The van der Waals surface area contributed by atoms with Crippen molar-refractivity contribution in [3.8, 4) is 11.1 Å². The first-order valence-corrected chi connectivity index (χ1v) is 11.5. The van der Waals surface area contributed by atoms with Crippen LogP contribution in [0.15, 0.2) is 60.7 Å². The summed E-state index contributed by atoms with van der Waals surface area (Å²) in [5.74, 6) is -1.42. The van der Waals surface area contributed by atoms with E-state index in [1.807, 2.05) is 6.07 Å². The lowest BCUT2D eigenvalue weighted by molar-refractivity contribution is -0.136. The van der Waals surface area contributed by atoms with E-state index in [4.69, 9.17) is 10.5 Å². The molecule has 0 saturated carbocycles. The Kier molecular flexibility index (Phi) is 7.74. The average Bonchev–Trinajstić information content (AvgIpc) is 3.37. The van der Waals surface area contributed by atoms with Crippen LogP contribution in [0.25, 0.3) is 11.1 Å². The zero-order valence-electron chi connectivity index (χ0n) is 19.2. The van der Waals surface area contributed by atoms with Crippen molar-refractivity contribution >= 4 is 23.3 Å². The van der Waals surface area contributed by atoms with Gasteiger partial charge in [-0.05, 0) is 71.1 Å². The van der Waals surface area contributed by atoms with Crippen molar-refractivity contribution in [3.05, 3.63) is 83.2 Å². The number of amides is 1. The molecule has 1 saturated heterocycles. The lowest BCUT2D eigenvalue weighted by Gasteiger charge is -2.15. The van der Waals surface area contributed by atoms with E-state index < -0.39 is 17.7 Å². The van der Waals surface area contributed by atoms with E-state index in [9.17, 15) is 19.1 Å². The monoisotopic (exact) mass is 477 g/mol. The van der Waals surface area contributed by atoms with Crippen LogP contribution in [0.4, 0.5) is 15.8 Å². The van der Waals surface area contributed by atoms with Crippen LogP contribution in [0.3, 0.4) is 0 Å². The molecule has 7 nitrogen and oxygen atoms in total. The lowest BCUT2D eigenvalue weighted by Crippen LogP contribution is -2.16.